The zero-order chi connectivity index (χ0) is 14.5. The fraction of sp³-hybridized carbons (Fsp3) is 0.214. The number of ether oxygens (including phenoxy) is 1. The molecule has 0 saturated carbocycles. The molecule has 1 heterocycles. The summed E-state index contributed by atoms with van der Waals surface area (Å²) in [6, 6.07) is 7.88. The quantitative estimate of drug-likeness (QED) is 0.851. The van der Waals surface area contributed by atoms with E-state index in [4.69, 9.17) is 16.3 Å². The Balaban J connectivity index is 2.20. The predicted octanol–water partition coefficient (Wildman–Crippen LogP) is 4.54. The van der Waals surface area contributed by atoms with Crippen molar-refractivity contribution in [1.29, 1.82) is 0 Å². The van der Waals surface area contributed by atoms with Gasteiger partial charge in [0, 0.05) is 17.1 Å². The molecule has 0 radical (unpaired) electrons. The summed E-state index contributed by atoms with van der Waals surface area (Å²) in [5, 5.41) is 3.68. The summed E-state index contributed by atoms with van der Waals surface area (Å²) in [5.74, 6) is -0.0229. The summed E-state index contributed by atoms with van der Waals surface area (Å²) < 4.78 is 19.8. The second kappa shape index (κ2) is 7.02. The molecule has 1 aromatic heterocycles. The van der Waals surface area contributed by atoms with Gasteiger partial charge in [0.25, 0.3) is 0 Å². The van der Waals surface area contributed by atoms with E-state index < -0.39 is 5.82 Å². The van der Waals surface area contributed by atoms with Crippen LogP contribution in [0.3, 0.4) is 0 Å². The van der Waals surface area contributed by atoms with Crippen molar-refractivity contribution in [3.05, 3.63) is 51.3 Å². The molecule has 3 nitrogen and oxygen atoms in total. The van der Waals surface area contributed by atoms with Gasteiger partial charge >= 0.3 is 0 Å². The van der Waals surface area contributed by atoms with Gasteiger partial charge in [0.1, 0.15) is 0 Å². The van der Waals surface area contributed by atoms with E-state index in [1.807, 2.05) is 6.92 Å². The molecule has 0 bridgehead atoms. The van der Waals surface area contributed by atoms with Crippen molar-refractivity contribution < 1.29 is 9.13 Å². The van der Waals surface area contributed by atoms with E-state index in [0.29, 0.717) is 27.6 Å². The normalized spacial score (nSPS) is 10.6. The molecule has 0 aliphatic carbocycles. The minimum absolute atomic E-state index is 0.123. The van der Waals surface area contributed by atoms with Crippen molar-refractivity contribution in [3.8, 4) is 11.6 Å². The molecule has 0 saturated heterocycles. The molecular formula is C14H13BrClFN2O. The maximum Gasteiger partial charge on any atom is 0.219 e. The molecular weight excluding hydrogens is 347 g/mol. The van der Waals surface area contributed by atoms with Crippen molar-refractivity contribution in [2.45, 2.75) is 13.5 Å². The van der Waals surface area contributed by atoms with Crippen LogP contribution in [0.15, 0.2) is 34.8 Å². The summed E-state index contributed by atoms with van der Waals surface area (Å²) >= 11 is 9.24. The number of rotatable bonds is 5. The summed E-state index contributed by atoms with van der Waals surface area (Å²) in [6.45, 7) is 3.34. The molecule has 1 N–H and O–H groups in total. The van der Waals surface area contributed by atoms with Crippen molar-refractivity contribution in [3.63, 3.8) is 0 Å². The van der Waals surface area contributed by atoms with Gasteiger partial charge in [-0.1, -0.05) is 34.5 Å². The van der Waals surface area contributed by atoms with Crippen LogP contribution in [0.1, 0.15) is 12.6 Å². The highest BCUT2D eigenvalue weighted by molar-refractivity contribution is 9.10. The van der Waals surface area contributed by atoms with E-state index in [9.17, 15) is 4.39 Å². The number of hydrogen-bond donors (Lipinski definition) is 1. The Labute approximate surface area is 130 Å². The van der Waals surface area contributed by atoms with Gasteiger partial charge in [-0.25, -0.2) is 9.37 Å². The van der Waals surface area contributed by atoms with Crippen LogP contribution in [0.2, 0.25) is 5.02 Å². The third-order valence-electron chi connectivity index (χ3n) is 2.54. The van der Waals surface area contributed by atoms with Crippen molar-refractivity contribution >= 4 is 27.5 Å². The molecule has 0 amide bonds. The predicted molar refractivity (Wildman–Crippen MR) is 80.8 cm³/mol. The van der Waals surface area contributed by atoms with Crippen LogP contribution in [0, 0.1) is 5.82 Å². The Bertz CT molecular complexity index is 610. The molecule has 2 aromatic rings. The Morgan fingerprint density at radius 1 is 1.35 bits per heavy atom. The highest BCUT2D eigenvalue weighted by atomic mass is 79.9. The first-order valence-electron chi connectivity index (χ1n) is 6.09. The number of pyridine rings is 1. The first kappa shape index (κ1) is 15.2. The number of halogens is 3. The molecule has 20 heavy (non-hydrogen) atoms. The van der Waals surface area contributed by atoms with Gasteiger partial charge in [-0.15, -0.1) is 0 Å². The molecule has 2 rings (SSSR count). The lowest BCUT2D eigenvalue weighted by Crippen LogP contribution is -2.13. The van der Waals surface area contributed by atoms with Crippen LogP contribution in [0.4, 0.5) is 4.39 Å². The molecule has 0 unspecified atom stereocenters. The average molecular weight is 360 g/mol. The van der Waals surface area contributed by atoms with Gasteiger partial charge in [-0.05, 0) is 30.8 Å². The summed E-state index contributed by atoms with van der Waals surface area (Å²) in [6.07, 6.45) is 0. The lowest BCUT2D eigenvalue weighted by atomic mass is 10.3. The number of nitrogens with one attached hydrogen (secondary N) is 1. The number of aromatic nitrogens is 1. The Morgan fingerprint density at radius 3 is 2.85 bits per heavy atom. The zero-order valence-corrected chi connectivity index (χ0v) is 13.1. The molecule has 106 valence electrons. The molecule has 0 spiro atoms. The highest BCUT2D eigenvalue weighted by Crippen LogP contribution is 2.27. The van der Waals surface area contributed by atoms with E-state index >= 15 is 0 Å². The van der Waals surface area contributed by atoms with E-state index in [-0.39, 0.29) is 5.75 Å². The molecule has 1 aromatic carbocycles. The highest BCUT2D eigenvalue weighted by Gasteiger charge is 2.09. The van der Waals surface area contributed by atoms with Crippen molar-refractivity contribution in [2.24, 2.45) is 0 Å². The fourth-order valence-electron chi connectivity index (χ4n) is 1.56. The van der Waals surface area contributed by atoms with Gasteiger partial charge < -0.3 is 10.1 Å². The van der Waals surface area contributed by atoms with Crippen molar-refractivity contribution in [2.75, 3.05) is 6.54 Å². The van der Waals surface area contributed by atoms with Crippen LogP contribution in [-0.2, 0) is 6.54 Å². The Morgan fingerprint density at radius 2 is 2.15 bits per heavy atom. The first-order chi connectivity index (χ1) is 9.60. The third-order valence-corrected chi connectivity index (χ3v) is 3.38. The molecule has 6 heteroatoms. The summed E-state index contributed by atoms with van der Waals surface area (Å²) in [4.78, 5) is 4.27. The second-order valence-corrected chi connectivity index (χ2v) is 5.36. The third kappa shape index (κ3) is 3.91. The molecule has 0 fully saturated rings. The minimum atomic E-state index is -0.454. The summed E-state index contributed by atoms with van der Waals surface area (Å²) in [5.41, 5.74) is 0.670. The zero-order valence-electron chi connectivity index (χ0n) is 10.8. The van der Waals surface area contributed by atoms with Gasteiger partial charge in [0.05, 0.1) is 10.7 Å². The lowest BCUT2D eigenvalue weighted by molar-refractivity contribution is 0.425. The smallest absolute Gasteiger partial charge is 0.219 e. The van der Waals surface area contributed by atoms with Crippen LogP contribution < -0.4 is 10.1 Å². The average Bonchev–Trinajstić information content (AvgIpc) is 2.42. The number of benzene rings is 1. The monoisotopic (exact) mass is 358 g/mol. The lowest BCUT2D eigenvalue weighted by Gasteiger charge is -2.09. The van der Waals surface area contributed by atoms with Gasteiger partial charge in [0.2, 0.25) is 5.88 Å². The standard InChI is InChI=1S/C14H13BrClFN2O/c1-2-18-8-12-10(16)4-6-14(19-12)20-13-5-3-9(15)7-11(13)17/h3-7,18H,2,8H2,1H3. The van der Waals surface area contributed by atoms with Crippen LogP contribution >= 0.6 is 27.5 Å². The minimum Gasteiger partial charge on any atom is -0.436 e. The maximum absolute atomic E-state index is 13.7. The second-order valence-electron chi connectivity index (χ2n) is 4.04. The van der Waals surface area contributed by atoms with E-state index in [1.54, 1.807) is 24.3 Å². The maximum atomic E-state index is 13.7. The van der Waals surface area contributed by atoms with Crippen LogP contribution in [0.25, 0.3) is 0 Å². The summed E-state index contributed by atoms with van der Waals surface area (Å²) in [7, 11) is 0. The first-order valence-corrected chi connectivity index (χ1v) is 7.26. The Hall–Kier alpha value is -1.17. The molecule has 0 atom stereocenters. The van der Waals surface area contributed by atoms with Crippen LogP contribution in [0.5, 0.6) is 11.6 Å². The number of nitrogens with zero attached hydrogens (tertiary/aromatic N) is 1. The van der Waals surface area contributed by atoms with Crippen molar-refractivity contribution in [1.82, 2.24) is 10.3 Å². The largest absolute Gasteiger partial charge is 0.436 e. The van der Waals surface area contributed by atoms with Gasteiger partial charge in [-0.3, -0.25) is 0 Å². The van der Waals surface area contributed by atoms with Gasteiger partial charge in [0.15, 0.2) is 11.6 Å². The van der Waals surface area contributed by atoms with E-state index in [1.165, 1.54) is 6.07 Å². The topological polar surface area (TPSA) is 34.2 Å². The molecule has 0 aliphatic rings. The van der Waals surface area contributed by atoms with E-state index in [2.05, 4.69) is 26.2 Å². The van der Waals surface area contributed by atoms with E-state index in [0.717, 1.165) is 6.54 Å². The fourth-order valence-corrected chi connectivity index (χ4v) is 2.06. The molecule has 0 aliphatic heterocycles. The van der Waals surface area contributed by atoms with Crippen LogP contribution in [-0.4, -0.2) is 11.5 Å². The SMILES string of the molecule is CCNCc1nc(Oc2ccc(Br)cc2F)ccc1Cl. The Kier molecular flexibility index (Phi) is 5.34. The number of hydrogen-bond acceptors (Lipinski definition) is 3. The van der Waals surface area contributed by atoms with Gasteiger partial charge in [-0.2, -0.15) is 0 Å².